The van der Waals surface area contributed by atoms with Gasteiger partial charge in [0.05, 0.1) is 0 Å². The van der Waals surface area contributed by atoms with Gasteiger partial charge in [-0.1, -0.05) is 19.1 Å². The van der Waals surface area contributed by atoms with Crippen molar-refractivity contribution in [2.75, 3.05) is 5.32 Å². The zero-order valence-electron chi connectivity index (χ0n) is 13.0. The van der Waals surface area contributed by atoms with Gasteiger partial charge < -0.3 is 10.4 Å². The number of hydrazine groups is 1. The zero-order chi connectivity index (χ0) is 17.5. The maximum Gasteiger partial charge on any atom is 0.328 e. The van der Waals surface area contributed by atoms with Crippen molar-refractivity contribution in [3.63, 3.8) is 0 Å². The Labute approximate surface area is 138 Å². The third-order valence-corrected chi connectivity index (χ3v) is 3.22. The normalized spacial score (nSPS) is 9.88. The van der Waals surface area contributed by atoms with E-state index in [-0.39, 0.29) is 11.3 Å². The highest BCUT2D eigenvalue weighted by Crippen LogP contribution is 2.11. The topological polar surface area (TPSA) is 108 Å². The molecule has 0 radical (unpaired) electrons. The molecule has 0 heterocycles. The number of hydrogen-bond acceptors (Lipinski definition) is 4. The maximum absolute atomic E-state index is 11.8. The molecule has 2 rings (SSSR count). The second-order valence-electron chi connectivity index (χ2n) is 4.96. The number of nitrogens with one attached hydrogen (secondary N) is 3. The Morgan fingerprint density at radius 2 is 1.67 bits per heavy atom. The number of carbonyl (C=O) groups is 3. The molecule has 0 fully saturated rings. The zero-order valence-corrected chi connectivity index (χ0v) is 13.0. The highest BCUT2D eigenvalue weighted by atomic mass is 16.3. The lowest BCUT2D eigenvalue weighted by atomic mass is 10.1. The number of aryl methyl sites for hydroxylation is 1. The number of carbonyl (C=O) groups excluding carboxylic acids is 3. The molecule has 7 nitrogen and oxygen atoms in total. The molecule has 124 valence electrons. The average molecular weight is 327 g/mol. The molecule has 0 saturated carbocycles. The van der Waals surface area contributed by atoms with Crippen LogP contribution in [0.25, 0.3) is 0 Å². The summed E-state index contributed by atoms with van der Waals surface area (Å²) in [6.07, 6.45) is 0.804. The van der Waals surface area contributed by atoms with Crippen molar-refractivity contribution >= 4 is 23.4 Å². The van der Waals surface area contributed by atoms with Crippen LogP contribution in [0.15, 0.2) is 48.5 Å². The molecule has 0 aliphatic rings. The summed E-state index contributed by atoms with van der Waals surface area (Å²) in [5.41, 5.74) is 5.91. The van der Waals surface area contributed by atoms with E-state index in [4.69, 9.17) is 5.11 Å². The van der Waals surface area contributed by atoms with Gasteiger partial charge in [-0.2, -0.15) is 0 Å². The van der Waals surface area contributed by atoms with Gasteiger partial charge in [0.15, 0.2) is 0 Å². The second kappa shape index (κ2) is 7.77. The standard InChI is InChI=1S/C17H17N3O4/c1-2-11-4-3-5-13(10-11)18-16(23)17(24)20-19-15(22)12-6-8-14(21)9-7-12/h3-10,21H,2H2,1H3,(H,18,23)(H,19,22)(H,20,24). The number of rotatable bonds is 3. The molecule has 24 heavy (non-hydrogen) atoms. The van der Waals surface area contributed by atoms with E-state index < -0.39 is 17.7 Å². The van der Waals surface area contributed by atoms with Crippen molar-refractivity contribution in [3.8, 4) is 5.75 Å². The van der Waals surface area contributed by atoms with Gasteiger partial charge in [-0.15, -0.1) is 0 Å². The number of phenolic OH excluding ortho intramolecular Hbond substituents is 1. The van der Waals surface area contributed by atoms with E-state index in [0.29, 0.717) is 5.69 Å². The number of aromatic hydroxyl groups is 1. The Hall–Kier alpha value is -3.35. The minimum atomic E-state index is -0.996. The minimum absolute atomic E-state index is 0.0178. The lowest BCUT2D eigenvalue weighted by Gasteiger charge is -2.09. The van der Waals surface area contributed by atoms with Gasteiger partial charge in [0.25, 0.3) is 5.91 Å². The van der Waals surface area contributed by atoms with E-state index in [2.05, 4.69) is 10.7 Å². The second-order valence-corrected chi connectivity index (χ2v) is 4.96. The van der Waals surface area contributed by atoms with E-state index in [9.17, 15) is 14.4 Å². The summed E-state index contributed by atoms with van der Waals surface area (Å²) in [5, 5.41) is 11.6. The summed E-state index contributed by atoms with van der Waals surface area (Å²) >= 11 is 0. The number of anilines is 1. The highest BCUT2D eigenvalue weighted by molar-refractivity contribution is 6.39. The molecule has 4 N–H and O–H groups in total. The Kier molecular flexibility index (Phi) is 5.51. The quantitative estimate of drug-likeness (QED) is 0.504. The summed E-state index contributed by atoms with van der Waals surface area (Å²) in [4.78, 5) is 35.3. The Morgan fingerprint density at radius 1 is 0.958 bits per heavy atom. The van der Waals surface area contributed by atoms with Gasteiger partial charge >= 0.3 is 11.8 Å². The number of phenols is 1. The molecule has 3 amide bonds. The fourth-order valence-electron chi connectivity index (χ4n) is 1.91. The van der Waals surface area contributed by atoms with Gasteiger partial charge in [0.1, 0.15) is 5.75 Å². The van der Waals surface area contributed by atoms with E-state index in [1.54, 1.807) is 18.2 Å². The SMILES string of the molecule is CCc1cccc(NC(=O)C(=O)NNC(=O)c2ccc(O)cc2)c1. The number of benzene rings is 2. The molecule has 0 unspecified atom stereocenters. The average Bonchev–Trinajstić information content (AvgIpc) is 2.60. The van der Waals surface area contributed by atoms with Crippen molar-refractivity contribution < 1.29 is 19.5 Å². The smallest absolute Gasteiger partial charge is 0.328 e. The fourth-order valence-corrected chi connectivity index (χ4v) is 1.91. The molecule has 7 heteroatoms. The third kappa shape index (κ3) is 4.57. The van der Waals surface area contributed by atoms with E-state index in [1.807, 2.05) is 18.4 Å². The Bertz CT molecular complexity index is 757. The summed E-state index contributed by atoms with van der Waals surface area (Å²) in [6, 6.07) is 12.6. The molecule has 2 aromatic rings. The van der Waals surface area contributed by atoms with Crippen LogP contribution in [0.1, 0.15) is 22.8 Å². The molecule has 2 aromatic carbocycles. The van der Waals surface area contributed by atoms with Crippen LogP contribution in [0.4, 0.5) is 5.69 Å². The first kappa shape index (κ1) is 17.0. The Morgan fingerprint density at radius 3 is 2.33 bits per heavy atom. The number of amides is 3. The van der Waals surface area contributed by atoms with Crippen molar-refractivity contribution in [1.82, 2.24) is 10.9 Å². The van der Waals surface area contributed by atoms with Crippen molar-refractivity contribution in [2.24, 2.45) is 0 Å². The van der Waals surface area contributed by atoms with Crippen LogP contribution < -0.4 is 16.2 Å². The lowest BCUT2D eigenvalue weighted by molar-refractivity contribution is -0.136. The van der Waals surface area contributed by atoms with Crippen molar-refractivity contribution in [1.29, 1.82) is 0 Å². The van der Waals surface area contributed by atoms with Crippen LogP contribution in [-0.4, -0.2) is 22.8 Å². The van der Waals surface area contributed by atoms with Crippen molar-refractivity contribution in [3.05, 3.63) is 59.7 Å². The van der Waals surface area contributed by atoms with Crippen LogP contribution >= 0.6 is 0 Å². The predicted octanol–water partition coefficient (Wildman–Crippen LogP) is 1.35. The van der Waals surface area contributed by atoms with Gasteiger partial charge in [0.2, 0.25) is 0 Å². The van der Waals surface area contributed by atoms with Gasteiger partial charge in [-0.3, -0.25) is 25.2 Å². The number of hydrogen-bond donors (Lipinski definition) is 4. The van der Waals surface area contributed by atoms with Gasteiger partial charge in [0, 0.05) is 11.3 Å². The summed E-state index contributed by atoms with van der Waals surface area (Å²) in [5.74, 6) is -2.48. The molecular formula is C17H17N3O4. The molecular weight excluding hydrogens is 310 g/mol. The first-order valence-corrected chi connectivity index (χ1v) is 7.29. The van der Waals surface area contributed by atoms with Gasteiger partial charge in [-0.05, 0) is 48.4 Å². The summed E-state index contributed by atoms with van der Waals surface area (Å²) in [7, 11) is 0. The first-order valence-electron chi connectivity index (χ1n) is 7.29. The van der Waals surface area contributed by atoms with Crippen LogP contribution in [0.2, 0.25) is 0 Å². The molecule has 0 bridgehead atoms. The summed E-state index contributed by atoms with van der Waals surface area (Å²) in [6.45, 7) is 1.98. The first-order chi connectivity index (χ1) is 11.5. The predicted molar refractivity (Wildman–Crippen MR) is 88.2 cm³/mol. The van der Waals surface area contributed by atoms with Crippen LogP contribution in [0, 0.1) is 0 Å². The molecule has 0 saturated heterocycles. The monoisotopic (exact) mass is 327 g/mol. The maximum atomic E-state index is 11.8. The van der Waals surface area contributed by atoms with Gasteiger partial charge in [-0.25, -0.2) is 0 Å². The minimum Gasteiger partial charge on any atom is -0.508 e. The van der Waals surface area contributed by atoms with E-state index >= 15 is 0 Å². The van der Waals surface area contributed by atoms with Crippen molar-refractivity contribution in [2.45, 2.75) is 13.3 Å². The highest BCUT2D eigenvalue weighted by Gasteiger charge is 2.15. The van der Waals surface area contributed by atoms with E-state index in [0.717, 1.165) is 12.0 Å². The lowest BCUT2D eigenvalue weighted by Crippen LogP contribution is -2.46. The molecule has 0 atom stereocenters. The summed E-state index contributed by atoms with van der Waals surface area (Å²) < 4.78 is 0. The largest absolute Gasteiger partial charge is 0.508 e. The fraction of sp³-hybridized carbons (Fsp3) is 0.118. The van der Waals surface area contributed by atoms with Crippen LogP contribution in [0.3, 0.4) is 0 Å². The van der Waals surface area contributed by atoms with Crippen LogP contribution in [0.5, 0.6) is 5.75 Å². The van der Waals surface area contributed by atoms with E-state index in [1.165, 1.54) is 24.3 Å². The van der Waals surface area contributed by atoms with Crippen LogP contribution in [-0.2, 0) is 16.0 Å². The third-order valence-electron chi connectivity index (χ3n) is 3.22. The molecule has 0 aliphatic carbocycles. The molecule has 0 aromatic heterocycles. The molecule has 0 aliphatic heterocycles. The molecule has 0 spiro atoms. The Balaban J connectivity index is 1.88.